The van der Waals surface area contributed by atoms with E-state index in [9.17, 15) is 8.42 Å². The molecule has 0 atom stereocenters. The van der Waals surface area contributed by atoms with Crippen molar-refractivity contribution in [3.8, 4) is 5.75 Å². The highest BCUT2D eigenvalue weighted by atomic mass is 79.9. The summed E-state index contributed by atoms with van der Waals surface area (Å²) in [6, 6.07) is 9.36. The first-order valence-corrected chi connectivity index (χ1v) is 8.82. The highest BCUT2D eigenvalue weighted by Gasteiger charge is 2.16. The Morgan fingerprint density at radius 1 is 1.10 bits per heavy atom. The summed E-state index contributed by atoms with van der Waals surface area (Å²) >= 11 is 6.53. The number of sulfonamides is 1. The minimum atomic E-state index is -3.70. The van der Waals surface area contributed by atoms with Crippen molar-refractivity contribution in [1.82, 2.24) is 0 Å². The van der Waals surface area contributed by atoms with E-state index in [4.69, 9.17) is 10.5 Å². The Kier molecular flexibility index (Phi) is 4.80. The van der Waals surface area contributed by atoms with Crippen LogP contribution in [0.5, 0.6) is 5.75 Å². The van der Waals surface area contributed by atoms with Gasteiger partial charge in [-0.05, 0) is 68.3 Å². The third-order valence-corrected chi connectivity index (χ3v) is 5.40. The zero-order valence-electron chi connectivity index (χ0n) is 10.9. The van der Waals surface area contributed by atoms with Crippen LogP contribution in [0.25, 0.3) is 0 Å². The van der Waals surface area contributed by atoms with E-state index in [0.29, 0.717) is 26.1 Å². The number of halogens is 2. The number of nitrogen functional groups attached to an aromatic ring is 1. The van der Waals surface area contributed by atoms with Crippen LogP contribution in [0.1, 0.15) is 0 Å². The van der Waals surface area contributed by atoms with Gasteiger partial charge in [-0.3, -0.25) is 4.72 Å². The first-order chi connectivity index (χ1) is 9.83. The third kappa shape index (κ3) is 3.69. The Bertz CT molecular complexity index is 779. The van der Waals surface area contributed by atoms with Gasteiger partial charge in [0.2, 0.25) is 0 Å². The normalized spacial score (nSPS) is 11.2. The van der Waals surface area contributed by atoms with Crippen LogP contribution in [0, 0.1) is 0 Å². The molecule has 0 heterocycles. The predicted octanol–water partition coefficient (Wildman–Crippen LogP) is 3.60. The zero-order chi connectivity index (χ0) is 15.6. The fourth-order valence-corrected chi connectivity index (χ4v) is 3.50. The first-order valence-electron chi connectivity index (χ1n) is 5.75. The average molecular weight is 436 g/mol. The molecule has 0 saturated heterocycles. The van der Waals surface area contributed by atoms with Crippen molar-refractivity contribution < 1.29 is 13.2 Å². The van der Waals surface area contributed by atoms with Crippen LogP contribution in [0.2, 0.25) is 0 Å². The van der Waals surface area contributed by atoms with E-state index in [-0.39, 0.29) is 4.90 Å². The molecule has 2 aromatic rings. The average Bonchev–Trinajstić information content (AvgIpc) is 2.41. The number of nitrogens with one attached hydrogen (secondary N) is 1. The summed E-state index contributed by atoms with van der Waals surface area (Å²) in [6.07, 6.45) is 0. The fraction of sp³-hybridized carbons (Fsp3) is 0.0769. The van der Waals surface area contributed by atoms with Crippen molar-refractivity contribution in [1.29, 1.82) is 0 Å². The van der Waals surface area contributed by atoms with Crippen molar-refractivity contribution in [2.75, 3.05) is 17.6 Å². The van der Waals surface area contributed by atoms with E-state index in [1.165, 1.54) is 19.2 Å². The Hall–Kier alpha value is -1.25. The van der Waals surface area contributed by atoms with E-state index >= 15 is 0 Å². The molecule has 0 aliphatic rings. The summed E-state index contributed by atoms with van der Waals surface area (Å²) in [5, 5.41) is 0. The van der Waals surface area contributed by atoms with Crippen molar-refractivity contribution in [2.45, 2.75) is 4.90 Å². The molecule has 3 N–H and O–H groups in total. The molecule has 0 aliphatic carbocycles. The second kappa shape index (κ2) is 6.25. The second-order valence-corrected chi connectivity index (χ2v) is 7.53. The summed E-state index contributed by atoms with van der Waals surface area (Å²) in [5.74, 6) is 0.617. The Morgan fingerprint density at radius 2 is 1.81 bits per heavy atom. The molecule has 0 bridgehead atoms. The highest BCUT2D eigenvalue weighted by Crippen LogP contribution is 2.29. The number of nitrogens with two attached hydrogens (primary N) is 1. The number of anilines is 2. The summed E-state index contributed by atoms with van der Waals surface area (Å²) in [6.45, 7) is 0. The Labute approximate surface area is 139 Å². The van der Waals surface area contributed by atoms with Gasteiger partial charge in [0.15, 0.2) is 0 Å². The van der Waals surface area contributed by atoms with Gasteiger partial charge in [-0.1, -0.05) is 0 Å². The van der Waals surface area contributed by atoms with Crippen LogP contribution >= 0.6 is 31.9 Å². The van der Waals surface area contributed by atoms with E-state index in [2.05, 4.69) is 36.6 Å². The molecule has 2 aromatic carbocycles. The van der Waals surface area contributed by atoms with Crippen LogP contribution in [-0.2, 0) is 10.0 Å². The molecule has 112 valence electrons. The van der Waals surface area contributed by atoms with Gasteiger partial charge in [-0.15, -0.1) is 0 Å². The van der Waals surface area contributed by atoms with E-state index in [0.717, 1.165) is 0 Å². The van der Waals surface area contributed by atoms with Gasteiger partial charge < -0.3 is 10.5 Å². The molecule has 0 fully saturated rings. The van der Waals surface area contributed by atoms with Gasteiger partial charge in [0.25, 0.3) is 10.0 Å². The summed E-state index contributed by atoms with van der Waals surface area (Å²) < 4.78 is 33.5. The molecule has 21 heavy (non-hydrogen) atoms. The van der Waals surface area contributed by atoms with Crippen LogP contribution in [0.4, 0.5) is 11.4 Å². The van der Waals surface area contributed by atoms with Gasteiger partial charge in [0.1, 0.15) is 5.75 Å². The van der Waals surface area contributed by atoms with Crippen LogP contribution < -0.4 is 15.2 Å². The molecule has 0 spiro atoms. The third-order valence-electron chi connectivity index (χ3n) is 2.68. The minimum absolute atomic E-state index is 0.0927. The van der Waals surface area contributed by atoms with E-state index in [1.807, 2.05) is 0 Å². The lowest BCUT2D eigenvalue weighted by Gasteiger charge is -2.11. The molecular formula is C13H12Br2N2O3S. The van der Waals surface area contributed by atoms with Crippen molar-refractivity contribution in [2.24, 2.45) is 0 Å². The standard InChI is InChI=1S/C13H12Br2N2O3S/c1-20-13-5-2-8(6-11(13)15)17-21(18,19)9-3-4-10(14)12(16)7-9/h2-7,17H,16H2,1H3. The van der Waals surface area contributed by atoms with Crippen molar-refractivity contribution in [3.05, 3.63) is 45.3 Å². The summed E-state index contributed by atoms with van der Waals surface area (Å²) in [4.78, 5) is 0.0927. The molecule has 0 unspecified atom stereocenters. The fourth-order valence-electron chi connectivity index (χ4n) is 1.63. The van der Waals surface area contributed by atoms with Crippen LogP contribution in [0.3, 0.4) is 0 Å². The number of methoxy groups -OCH3 is 1. The topological polar surface area (TPSA) is 81.4 Å². The summed E-state index contributed by atoms with van der Waals surface area (Å²) in [7, 11) is -2.17. The molecule has 2 rings (SSSR count). The van der Waals surface area contributed by atoms with Crippen molar-refractivity contribution >= 4 is 53.3 Å². The lowest BCUT2D eigenvalue weighted by molar-refractivity contribution is 0.412. The monoisotopic (exact) mass is 434 g/mol. The molecule has 0 saturated carbocycles. The van der Waals surface area contributed by atoms with Gasteiger partial charge in [-0.25, -0.2) is 8.42 Å². The molecule has 8 heteroatoms. The number of ether oxygens (including phenoxy) is 1. The highest BCUT2D eigenvalue weighted by molar-refractivity contribution is 9.11. The summed E-state index contributed by atoms with van der Waals surface area (Å²) in [5.41, 5.74) is 6.49. The molecule has 0 amide bonds. The Morgan fingerprint density at radius 3 is 2.38 bits per heavy atom. The maximum absolute atomic E-state index is 12.3. The molecule has 5 nitrogen and oxygen atoms in total. The smallest absolute Gasteiger partial charge is 0.261 e. The minimum Gasteiger partial charge on any atom is -0.496 e. The van der Waals surface area contributed by atoms with Gasteiger partial charge in [0, 0.05) is 10.2 Å². The molecule has 0 aliphatic heterocycles. The quantitative estimate of drug-likeness (QED) is 0.718. The van der Waals surface area contributed by atoms with Gasteiger partial charge in [-0.2, -0.15) is 0 Å². The number of rotatable bonds is 4. The Balaban J connectivity index is 2.32. The van der Waals surface area contributed by atoms with Crippen LogP contribution in [0.15, 0.2) is 50.2 Å². The molecule has 0 aromatic heterocycles. The van der Waals surface area contributed by atoms with Gasteiger partial charge >= 0.3 is 0 Å². The lowest BCUT2D eigenvalue weighted by Crippen LogP contribution is -2.13. The maximum Gasteiger partial charge on any atom is 0.261 e. The van der Waals surface area contributed by atoms with Crippen molar-refractivity contribution in [3.63, 3.8) is 0 Å². The first kappa shape index (κ1) is 16.1. The van der Waals surface area contributed by atoms with Crippen LogP contribution in [-0.4, -0.2) is 15.5 Å². The predicted molar refractivity (Wildman–Crippen MR) is 90.1 cm³/mol. The number of benzene rings is 2. The molecule has 0 radical (unpaired) electrons. The zero-order valence-corrected chi connectivity index (χ0v) is 14.9. The second-order valence-electron chi connectivity index (χ2n) is 4.14. The largest absolute Gasteiger partial charge is 0.496 e. The number of hydrogen-bond acceptors (Lipinski definition) is 4. The van der Waals surface area contributed by atoms with E-state index in [1.54, 1.807) is 24.3 Å². The maximum atomic E-state index is 12.3. The molecular weight excluding hydrogens is 424 g/mol. The lowest BCUT2D eigenvalue weighted by atomic mass is 10.3. The SMILES string of the molecule is COc1ccc(NS(=O)(=O)c2ccc(Br)c(N)c2)cc1Br. The number of hydrogen-bond donors (Lipinski definition) is 2. The van der Waals surface area contributed by atoms with E-state index < -0.39 is 10.0 Å². The van der Waals surface area contributed by atoms with Gasteiger partial charge in [0.05, 0.1) is 22.2 Å².